The zero-order valence-corrected chi connectivity index (χ0v) is 22.9. The molecule has 0 aromatic carbocycles. The molecule has 4 fully saturated rings. The summed E-state index contributed by atoms with van der Waals surface area (Å²) in [6, 6.07) is -3.80. The van der Waals surface area contributed by atoms with E-state index in [1.807, 2.05) is 0 Å². The quantitative estimate of drug-likeness (QED) is 0.0995. The van der Waals surface area contributed by atoms with Gasteiger partial charge in [0.15, 0.2) is 12.6 Å². The van der Waals surface area contributed by atoms with Crippen molar-refractivity contribution in [2.45, 2.75) is 111 Å². The largest absolute Gasteiger partial charge is 0.395 e. The minimum atomic E-state index is -1.51. The second kappa shape index (κ2) is 14.9. The van der Waals surface area contributed by atoms with Gasteiger partial charge in [-0.1, -0.05) is 0 Å². The Morgan fingerprint density at radius 1 is 0.829 bits per heavy atom. The van der Waals surface area contributed by atoms with Gasteiger partial charge in [0.25, 0.3) is 0 Å². The van der Waals surface area contributed by atoms with Gasteiger partial charge in [0, 0.05) is 37.8 Å². The van der Waals surface area contributed by atoms with Gasteiger partial charge in [-0.15, -0.1) is 0 Å². The average molecular weight is 597 g/mol. The lowest BCUT2D eigenvalue weighted by molar-refractivity contribution is -0.317. The highest BCUT2D eigenvalue weighted by Gasteiger charge is 2.51. The van der Waals surface area contributed by atoms with Crippen molar-refractivity contribution in [3.8, 4) is 0 Å². The van der Waals surface area contributed by atoms with Gasteiger partial charge in [-0.25, -0.2) is 0 Å². The Labute approximate surface area is 238 Å². The van der Waals surface area contributed by atoms with Gasteiger partial charge >= 0.3 is 0 Å². The van der Waals surface area contributed by atoms with Crippen molar-refractivity contribution in [1.29, 1.82) is 0 Å². The van der Waals surface area contributed by atoms with E-state index in [1.54, 1.807) is 0 Å². The number of hydrogen-bond donors (Lipinski definition) is 13. The molecule has 0 aromatic heterocycles. The number of aliphatic hydroxyl groups is 7. The monoisotopic (exact) mass is 596 g/mol. The van der Waals surface area contributed by atoms with Crippen LogP contribution in [-0.4, -0.2) is 173 Å². The van der Waals surface area contributed by atoms with Crippen LogP contribution in [0.3, 0.4) is 0 Å². The highest BCUT2D eigenvalue weighted by molar-refractivity contribution is 5.03. The highest BCUT2D eigenvalue weighted by Crippen LogP contribution is 2.32. The molecule has 17 nitrogen and oxygen atoms in total. The molecule has 0 amide bonds. The first-order valence-corrected chi connectivity index (χ1v) is 14.2. The van der Waals surface area contributed by atoms with Gasteiger partial charge in [-0.05, 0) is 12.8 Å². The molecule has 0 radical (unpaired) electrons. The van der Waals surface area contributed by atoms with Gasteiger partial charge in [0.05, 0.1) is 50.2 Å². The molecule has 17 heteroatoms. The third-order valence-corrected chi connectivity index (χ3v) is 8.45. The van der Waals surface area contributed by atoms with Crippen LogP contribution in [0.1, 0.15) is 12.8 Å². The Bertz CT molecular complexity index is 799. The summed E-state index contributed by atoms with van der Waals surface area (Å²) < 4.78 is 23.9. The maximum Gasteiger partial charge on any atom is 0.186 e. The standard InChI is InChI=1S/C24H48N6O11/c25-3-15-14(34)2-13(29-9-4-28-5-9)23(38-15)40-21-11(26)1-12(30-10(6-31)7-32)22(20(21)37)41-24-19(36)17(27)18(35)16(8-33)39-24/h9-24,28-37H,1-8,25-27H2/t11-,12+,13+,14-,15+,16+,17-,18+,19+,20-,21+,22-,23+,24+/m0/s1. The molecule has 0 bridgehead atoms. The molecule has 1 saturated carbocycles. The van der Waals surface area contributed by atoms with Crippen LogP contribution in [0.5, 0.6) is 0 Å². The van der Waals surface area contributed by atoms with E-state index in [2.05, 4.69) is 16.0 Å². The van der Waals surface area contributed by atoms with E-state index in [0.29, 0.717) is 6.42 Å². The number of rotatable bonds is 12. The summed E-state index contributed by atoms with van der Waals surface area (Å²) in [7, 11) is 0. The van der Waals surface area contributed by atoms with E-state index >= 15 is 0 Å². The third-order valence-electron chi connectivity index (χ3n) is 8.45. The molecule has 0 unspecified atom stereocenters. The Balaban J connectivity index is 1.54. The van der Waals surface area contributed by atoms with Crippen LogP contribution < -0.4 is 33.2 Å². The normalized spacial score (nSPS) is 46.0. The summed E-state index contributed by atoms with van der Waals surface area (Å²) >= 11 is 0. The van der Waals surface area contributed by atoms with Gasteiger partial charge in [0.2, 0.25) is 0 Å². The Kier molecular flexibility index (Phi) is 12.0. The second-order valence-electron chi connectivity index (χ2n) is 11.4. The predicted octanol–water partition coefficient (Wildman–Crippen LogP) is -7.71. The van der Waals surface area contributed by atoms with Crippen molar-refractivity contribution in [1.82, 2.24) is 16.0 Å². The summed E-state index contributed by atoms with van der Waals surface area (Å²) in [4.78, 5) is 0. The lowest BCUT2D eigenvalue weighted by Crippen LogP contribution is -2.70. The average Bonchev–Trinajstić information content (AvgIpc) is 2.94. The summed E-state index contributed by atoms with van der Waals surface area (Å²) in [5.41, 5.74) is 18.2. The maximum absolute atomic E-state index is 11.6. The fourth-order valence-corrected chi connectivity index (χ4v) is 5.84. The maximum atomic E-state index is 11.6. The van der Waals surface area contributed by atoms with Gasteiger partial charge in [-0.2, -0.15) is 0 Å². The fraction of sp³-hybridized carbons (Fsp3) is 1.00. The number of ether oxygens (including phenoxy) is 4. The Hall–Kier alpha value is -0.680. The molecule has 240 valence electrons. The van der Waals surface area contributed by atoms with E-state index in [9.17, 15) is 35.7 Å². The second-order valence-corrected chi connectivity index (χ2v) is 11.4. The van der Waals surface area contributed by atoms with Crippen molar-refractivity contribution in [3.05, 3.63) is 0 Å². The lowest BCUT2D eigenvalue weighted by atomic mass is 9.83. The van der Waals surface area contributed by atoms with Crippen LogP contribution >= 0.6 is 0 Å². The highest BCUT2D eigenvalue weighted by atomic mass is 16.7. The van der Waals surface area contributed by atoms with Crippen LogP contribution in [0.2, 0.25) is 0 Å². The van der Waals surface area contributed by atoms with E-state index in [1.165, 1.54) is 0 Å². The van der Waals surface area contributed by atoms with Crippen LogP contribution in [0.15, 0.2) is 0 Å². The molecular formula is C24H48N6O11. The molecule has 41 heavy (non-hydrogen) atoms. The Morgan fingerprint density at radius 3 is 2.07 bits per heavy atom. The van der Waals surface area contributed by atoms with Crippen LogP contribution in [-0.2, 0) is 18.9 Å². The number of nitrogens with two attached hydrogens (primary N) is 3. The van der Waals surface area contributed by atoms with Crippen molar-refractivity contribution >= 4 is 0 Å². The molecule has 4 aliphatic rings. The van der Waals surface area contributed by atoms with E-state index in [-0.39, 0.29) is 19.0 Å². The first kappa shape index (κ1) is 33.2. The molecule has 0 aromatic rings. The number of hydrogen-bond acceptors (Lipinski definition) is 17. The third kappa shape index (κ3) is 7.52. The molecule has 4 rings (SSSR count). The van der Waals surface area contributed by atoms with Gasteiger partial charge in [-0.3, -0.25) is 0 Å². The van der Waals surface area contributed by atoms with Crippen molar-refractivity contribution < 1.29 is 54.7 Å². The molecular weight excluding hydrogens is 548 g/mol. The summed E-state index contributed by atoms with van der Waals surface area (Å²) in [5, 5.41) is 81.5. The SMILES string of the molecule is NC[C@H]1O[C@H](O[C@H]2[C@H](O)[C@@H](O[C@H]3O[C@H](CO)[C@@H](O)[C@H](N)[C@H]3O)[C@H](NC(CO)CO)C[C@@H]2N)[C@H](NC2CNC2)C[C@@H]1O. The Morgan fingerprint density at radius 2 is 1.49 bits per heavy atom. The fourth-order valence-electron chi connectivity index (χ4n) is 5.84. The molecule has 0 spiro atoms. The molecule has 14 atom stereocenters. The first-order chi connectivity index (χ1) is 19.6. The van der Waals surface area contributed by atoms with Crippen molar-refractivity contribution in [2.75, 3.05) is 39.5 Å². The topological polar surface area (TPSA) is 293 Å². The molecule has 3 heterocycles. The smallest absolute Gasteiger partial charge is 0.186 e. The predicted molar refractivity (Wildman–Crippen MR) is 141 cm³/mol. The van der Waals surface area contributed by atoms with Crippen molar-refractivity contribution in [2.24, 2.45) is 17.2 Å². The van der Waals surface area contributed by atoms with Crippen LogP contribution in [0.25, 0.3) is 0 Å². The van der Waals surface area contributed by atoms with E-state index < -0.39 is 111 Å². The zero-order valence-electron chi connectivity index (χ0n) is 22.9. The lowest BCUT2D eigenvalue weighted by Gasteiger charge is -2.49. The van der Waals surface area contributed by atoms with E-state index in [0.717, 1.165) is 13.1 Å². The summed E-state index contributed by atoms with van der Waals surface area (Å²) in [6.07, 6.45) is -11.2. The zero-order chi connectivity index (χ0) is 29.8. The first-order valence-electron chi connectivity index (χ1n) is 14.2. The van der Waals surface area contributed by atoms with Gasteiger partial charge < -0.3 is 87.8 Å². The van der Waals surface area contributed by atoms with E-state index in [4.69, 9.17) is 36.1 Å². The summed E-state index contributed by atoms with van der Waals surface area (Å²) in [6.45, 7) is 0.0939. The summed E-state index contributed by atoms with van der Waals surface area (Å²) in [5.74, 6) is 0. The van der Waals surface area contributed by atoms with Crippen LogP contribution in [0.4, 0.5) is 0 Å². The number of nitrogens with one attached hydrogen (secondary N) is 3. The molecule has 16 N–H and O–H groups in total. The van der Waals surface area contributed by atoms with Crippen molar-refractivity contribution in [3.63, 3.8) is 0 Å². The minimum absolute atomic E-state index is 0.0501. The number of aliphatic hydroxyl groups excluding tert-OH is 7. The molecule has 3 aliphatic heterocycles. The molecule has 1 aliphatic carbocycles. The van der Waals surface area contributed by atoms with Crippen LogP contribution in [0, 0.1) is 0 Å². The van der Waals surface area contributed by atoms with Gasteiger partial charge in [0.1, 0.15) is 36.6 Å². The minimum Gasteiger partial charge on any atom is -0.395 e. The molecule has 3 saturated heterocycles.